The van der Waals surface area contributed by atoms with Crippen molar-refractivity contribution in [1.29, 1.82) is 0 Å². The average Bonchev–Trinajstić information content (AvgIpc) is 2.13. The van der Waals surface area contributed by atoms with Crippen LogP contribution in [0.15, 0.2) is 0 Å². The summed E-state index contributed by atoms with van der Waals surface area (Å²) in [6.45, 7) is 7.37. The highest BCUT2D eigenvalue weighted by molar-refractivity contribution is 7.98. The second kappa shape index (κ2) is 5.89. The van der Waals surface area contributed by atoms with E-state index in [-0.39, 0.29) is 5.54 Å². The van der Waals surface area contributed by atoms with Gasteiger partial charge >= 0.3 is 0 Å². The summed E-state index contributed by atoms with van der Waals surface area (Å²) >= 11 is 1.91. The van der Waals surface area contributed by atoms with E-state index < -0.39 is 0 Å². The lowest BCUT2D eigenvalue weighted by Crippen LogP contribution is -2.52. The van der Waals surface area contributed by atoms with E-state index >= 15 is 0 Å². The Hall–Kier alpha value is 0.270. The van der Waals surface area contributed by atoms with Gasteiger partial charge in [-0.05, 0) is 33.6 Å². The third-order valence-electron chi connectivity index (χ3n) is 2.83. The zero-order valence-electron chi connectivity index (χ0n) is 9.63. The maximum atomic E-state index is 5.75. The van der Waals surface area contributed by atoms with Crippen molar-refractivity contribution < 1.29 is 0 Å². The van der Waals surface area contributed by atoms with Crippen molar-refractivity contribution in [1.82, 2.24) is 4.90 Å². The summed E-state index contributed by atoms with van der Waals surface area (Å²) in [7, 11) is 2.18. The summed E-state index contributed by atoms with van der Waals surface area (Å²) in [6, 6.07) is 0.647. The first-order valence-corrected chi connectivity index (χ1v) is 6.31. The molecule has 2 nitrogen and oxygen atoms in total. The summed E-state index contributed by atoms with van der Waals surface area (Å²) in [5, 5.41) is 0. The van der Waals surface area contributed by atoms with Gasteiger partial charge in [-0.25, -0.2) is 0 Å². The molecule has 13 heavy (non-hydrogen) atoms. The Kier molecular flexibility index (Phi) is 6.01. The molecule has 0 saturated heterocycles. The lowest BCUT2D eigenvalue weighted by molar-refractivity contribution is 0.117. The number of nitrogens with zero attached hydrogens (tertiary/aromatic N) is 1. The molecule has 0 spiro atoms. The molecule has 0 aromatic carbocycles. The van der Waals surface area contributed by atoms with Gasteiger partial charge in [-0.1, -0.05) is 6.92 Å². The highest BCUT2D eigenvalue weighted by Crippen LogP contribution is 2.18. The minimum atomic E-state index is 0.121. The smallest absolute Gasteiger partial charge is 0.0275 e. The van der Waals surface area contributed by atoms with Crippen LogP contribution in [-0.2, 0) is 0 Å². The van der Waals surface area contributed by atoms with Crippen LogP contribution in [0.3, 0.4) is 0 Å². The van der Waals surface area contributed by atoms with E-state index in [2.05, 4.69) is 39.0 Å². The molecule has 0 amide bonds. The molecule has 0 aliphatic rings. The van der Waals surface area contributed by atoms with E-state index in [1.165, 1.54) is 12.2 Å². The van der Waals surface area contributed by atoms with Gasteiger partial charge in [0.05, 0.1) is 0 Å². The Morgan fingerprint density at radius 2 is 2.00 bits per heavy atom. The first-order valence-electron chi connectivity index (χ1n) is 4.91. The van der Waals surface area contributed by atoms with Crippen molar-refractivity contribution >= 4 is 11.8 Å². The van der Waals surface area contributed by atoms with Crippen LogP contribution in [0.1, 0.15) is 27.2 Å². The van der Waals surface area contributed by atoms with E-state index in [9.17, 15) is 0 Å². The fraction of sp³-hybridized carbons (Fsp3) is 1.00. The molecule has 80 valence electrons. The van der Waals surface area contributed by atoms with E-state index in [4.69, 9.17) is 5.73 Å². The van der Waals surface area contributed by atoms with Crippen LogP contribution in [0.2, 0.25) is 0 Å². The van der Waals surface area contributed by atoms with Crippen LogP contribution < -0.4 is 5.73 Å². The fourth-order valence-corrected chi connectivity index (χ4v) is 2.18. The first kappa shape index (κ1) is 13.3. The minimum absolute atomic E-state index is 0.121. The fourth-order valence-electron chi connectivity index (χ4n) is 1.33. The standard InChI is InChI=1S/C10H24N2S/c1-6-9(7-13-5)12(4)10(2,3)8-11/h9H,6-8,11H2,1-5H3. The SMILES string of the molecule is CCC(CSC)N(C)C(C)(C)CN. The molecule has 0 aliphatic heterocycles. The number of hydrogen-bond donors (Lipinski definition) is 1. The Balaban J connectivity index is 4.26. The lowest BCUT2D eigenvalue weighted by atomic mass is 10.0. The zero-order valence-corrected chi connectivity index (χ0v) is 10.4. The lowest BCUT2D eigenvalue weighted by Gasteiger charge is -2.40. The predicted molar refractivity (Wildman–Crippen MR) is 63.4 cm³/mol. The van der Waals surface area contributed by atoms with Gasteiger partial charge in [0.25, 0.3) is 0 Å². The Morgan fingerprint density at radius 1 is 1.46 bits per heavy atom. The van der Waals surface area contributed by atoms with Crippen LogP contribution in [0.4, 0.5) is 0 Å². The normalized spacial score (nSPS) is 15.0. The average molecular weight is 204 g/mol. The Morgan fingerprint density at radius 3 is 2.31 bits per heavy atom. The third-order valence-corrected chi connectivity index (χ3v) is 3.55. The topological polar surface area (TPSA) is 29.3 Å². The monoisotopic (exact) mass is 204 g/mol. The van der Waals surface area contributed by atoms with Gasteiger partial charge in [-0.3, -0.25) is 4.90 Å². The second-order valence-electron chi connectivity index (χ2n) is 4.14. The number of likely N-dealkylation sites (N-methyl/N-ethyl adjacent to an activating group) is 1. The molecular formula is C10H24N2S. The second-order valence-corrected chi connectivity index (χ2v) is 5.06. The molecule has 0 radical (unpaired) electrons. The quantitative estimate of drug-likeness (QED) is 0.715. The molecule has 1 unspecified atom stereocenters. The Bertz CT molecular complexity index is 137. The van der Waals surface area contributed by atoms with Gasteiger partial charge in [-0.2, -0.15) is 11.8 Å². The molecular weight excluding hydrogens is 180 g/mol. The first-order chi connectivity index (χ1) is 5.99. The van der Waals surface area contributed by atoms with Gasteiger partial charge in [0.1, 0.15) is 0 Å². The summed E-state index contributed by atoms with van der Waals surface area (Å²) in [5.74, 6) is 1.19. The number of thioether (sulfide) groups is 1. The van der Waals surface area contributed by atoms with Gasteiger partial charge in [0.15, 0.2) is 0 Å². The molecule has 0 aromatic rings. The molecule has 3 heteroatoms. The van der Waals surface area contributed by atoms with Crippen LogP contribution >= 0.6 is 11.8 Å². The number of hydrogen-bond acceptors (Lipinski definition) is 3. The van der Waals surface area contributed by atoms with E-state index in [0.717, 1.165) is 0 Å². The van der Waals surface area contributed by atoms with Gasteiger partial charge in [0.2, 0.25) is 0 Å². The van der Waals surface area contributed by atoms with Crippen molar-refractivity contribution in [3.8, 4) is 0 Å². The highest BCUT2D eigenvalue weighted by Gasteiger charge is 2.26. The largest absolute Gasteiger partial charge is 0.329 e. The van der Waals surface area contributed by atoms with Crippen LogP contribution in [0, 0.1) is 0 Å². The number of rotatable bonds is 6. The molecule has 2 N–H and O–H groups in total. The highest BCUT2D eigenvalue weighted by atomic mass is 32.2. The predicted octanol–water partition coefficient (Wildman–Crippen LogP) is 1.80. The van der Waals surface area contributed by atoms with Crippen molar-refractivity contribution in [2.45, 2.75) is 38.8 Å². The number of nitrogens with two attached hydrogens (primary N) is 1. The summed E-state index contributed by atoms with van der Waals surface area (Å²) < 4.78 is 0. The Labute approximate surface area is 87.2 Å². The van der Waals surface area contributed by atoms with Crippen molar-refractivity contribution in [3.05, 3.63) is 0 Å². The van der Waals surface area contributed by atoms with Gasteiger partial charge in [-0.15, -0.1) is 0 Å². The van der Waals surface area contributed by atoms with Crippen LogP contribution in [0.25, 0.3) is 0 Å². The zero-order chi connectivity index (χ0) is 10.5. The van der Waals surface area contributed by atoms with Gasteiger partial charge in [0, 0.05) is 23.9 Å². The minimum Gasteiger partial charge on any atom is -0.329 e. The molecule has 0 saturated carbocycles. The molecule has 0 aliphatic carbocycles. The van der Waals surface area contributed by atoms with Crippen LogP contribution in [-0.4, -0.2) is 42.1 Å². The molecule has 0 rings (SSSR count). The van der Waals surface area contributed by atoms with E-state index in [1.54, 1.807) is 0 Å². The summed E-state index contributed by atoms with van der Waals surface area (Å²) in [4.78, 5) is 2.41. The molecule has 0 fully saturated rings. The summed E-state index contributed by atoms with van der Waals surface area (Å²) in [5.41, 5.74) is 5.87. The van der Waals surface area contributed by atoms with Gasteiger partial charge < -0.3 is 5.73 Å². The molecule has 0 aromatic heterocycles. The molecule has 1 atom stereocenters. The maximum absolute atomic E-state index is 5.75. The molecule has 0 heterocycles. The molecule has 0 bridgehead atoms. The van der Waals surface area contributed by atoms with E-state index in [1.807, 2.05) is 11.8 Å². The van der Waals surface area contributed by atoms with Crippen molar-refractivity contribution in [2.75, 3.05) is 25.6 Å². The van der Waals surface area contributed by atoms with Crippen LogP contribution in [0.5, 0.6) is 0 Å². The summed E-state index contributed by atoms with van der Waals surface area (Å²) in [6.07, 6.45) is 3.35. The van der Waals surface area contributed by atoms with Crippen molar-refractivity contribution in [2.24, 2.45) is 5.73 Å². The van der Waals surface area contributed by atoms with Crippen molar-refractivity contribution in [3.63, 3.8) is 0 Å². The third kappa shape index (κ3) is 3.88. The maximum Gasteiger partial charge on any atom is 0.0275 e. The van der Waals surface area contributed by atoms with E-state index in [0.29, 0.717) is 12.6 Å².